The number of benzene rings is 1. The predicted octanol–water partition coefficient (Wildman–Crippen LogP) is 2.12. The summed E-state index contributed by atoms with van der Waals surface area (Å²) in [6.45, 7) is 0.729. The van der Waals surface area contributed by atoms with Crippen molar-refractivity contribution in [3.8, 4) is 11.5 Å². The lowest BCUT2D eigenvalue weighted by Gasteiger charge is -2.18. The first-order valence-electron chi connectivity index (χ1n) is 5.72. The molecule has 1 unspecified atom stereocenters. The molecule has 0 saturated carbocycles. The molecule has 2 aromatic rings. The lowest BCUT2D eigenvalue weighted by molar-refractivity contribution is 0.0677. The van der Waals surface area contributed by atoms with Gasteiger partial charge in [-0.25, -0.2) is 0 Å². The first-order valence-corrected chi connectivity index (χ1v) is 6.88. The van der Waals surface area contributed by atoms with Gasteiger partial charge in [0.05, 0.1) is 12.2 Å². The van der Waals surface area contributed by atoms with Gasteiger partial charge in [-0.3, -0.25) is 0 Å². The zero-order chi connectivity index (χ0) is 12.4. The molecule has 2 N–H and O–H groups in total. The predicted molar refractivity (Wildman–Crippen MR) is 70.2 cm³/mol. The van der Waals surface area contributed by atoms with Gasteiger partial charge in [0.2, 0.25) is 5.82 Å². The van der Waals surface area contributed by atoms with Crippen LogP contribution in [-0.2, 0) is 4.74 Å². The summed E-state index contributed by atoms with van der Waals surface area (Å²) in [4.78, 5) is 4.37. The van der Waals surface area contributed by atoms with Crippen LogP contribution < -0.4 is 5.73 Å². The van der Waals surface area contributed by atoms with E-state index >= 15 is 0 Å². The highest BCUT2D eigenvalue weighted by molar-refractivity contribution is 7.99. The van der Waals surface area contributed by atoms with Gasteiger partial charge in [0.1, 0.15) is 6.10 Å². The van der Waals surface area contributed by atoms with Crippen molar-refractivity contribution in [1.82, 2.24) is 10.1 Å². The molecule has 1 fully saturated rings. The van der Waals surface area contributed by atoms with Crippen molar-refractivity contribution in [2.75, 3.05) is 23.8 Å². The van der Waals surface area contributed by atoms with Crippen LogP contribution in [0.2, 0.25) is 0 Å². The smallest absolute Gasteiger partial charge is 0.260 e. The summed E-state index contributed by atoms with van der Waals surface area (Å²) >= 11 is 1.83. The first-order chi connectivity index (χ1) is 8.84. The number of ether oxygens (including phenoxy) is 1. The van der Waals surface area contributed by atoms with Crippen molar-refractivity contribution in [3.05, 3.63) is 30.1 Å². The van der Waals surface area contributed by atoms with Crippen LogP contribution in [0.4, 0.5) is 5.69 Å². The van der Waals surface area contributed by atoms with Crippen molar-refractivity contribution in [3.63, 3.8) is 0 Å². The van der Waals surface area contributed by atoms with E-state index in [0.29, 0.717) is 17.4 Å². The van der Waals surface area contributed by atoms with Gasteiger partial charge in [-0.1, -0.05) is 17.3 Å². The quantitative estimate of drug-likeness (QED) is 0.837. The van der Waals surface area contributed by atoms with Crippen molar-refractivity contribution >= 4 is 17.4 Å². The van der Waals surface area contributed by atoms with E-state index in [2.05, 4.69) is 10.1 Å². The fraction of sp³-hybridized carbons (Fsp3) is 0.333. The Morgan fingerprint density at radius 3 is 3.00 bits per heavy atom. The van der Waals surface area contributed by atoms with E-state index in [1.54, 1.807) is 0 Å². The molecule has 1 aromatic carbocycles. The highest BCUT2D eigenvalue weighted by atomic mass is 32.2. The number of para-hydroxylation sites is 1. The third-order valence-electron chi connectivity index (χ3n) is 2.74. The molecule has 6 heteroatoms. The Hall–Kier alpha value is -1.53. The molecule has 1 aliphatic rings. The molecule has 18 heavy (non-hydrogen) atoms. The van der Waals surface area contributed by atoms with E-state index in [1.165, 1.54) is 0 Å². The Bertz CT molecular complexity index is 538. The highest BCUT2D eigenvalue weighted by Gasteiger charge is 2.22. The van der Waals surface area contributed by atoms with Crippen molar-refractivity contribution < 1.29 is 9.26 Å². The molecule has 1 atom stereocenters. The number of thioether (sulfide) groups is 1. The van der Waals surface area contributed by atoms with E-state index in [1.807, 2.05) is 36.0 Å². The van der Waals surface area contributed by atoms with Gasteiger partial charge in [-0.2, -0.15) is 16.7 Å². The zero-order valence-electron chi connectivity index (χ0n) is 9.70. The molecule has 0 aliphatic carbocycles. The van der Waals surface area contributed by atoms with Crippen LogP contribution in [-0.4, -0.2) is 28.3 Å². The second kappa shape index (κ2) is 4.99. The molecule has 94 valence electrons. The number of hydrogen-bond donors (Lipinski definition) is 1. The van der Waals surface area contributed by atoms with Crippen LogP contribution in [0.1, 0.15) is 11.9 Å². The van der Waals surface area contributed by atoms with Crippen LogP contribution in [0.15, 0.2) is 28.8 Å². The minimum atomic E-state index is -0.0776. The minimum absolute atomic E-state index is 0.0776. The molecule has 0 bridgehead atoms. The summed E-state index contributed by atoms with van der Waals surface area (Å²) in [5, 5.41) is 3.98. The lowest BCUT2D eigenvalue weighted by atomic mass is 10.2. The van der Waals surface area contributed by atoms with Gasteiger partial charge in [0.15, 0.2) is 0 Å². The largest absolute Gasteiger partial charge is 0.398 e. The monoisotopic (exact) mass is 263 g/mol. The number of nitrogens with two attached hydrogens (primary N) is 1. The molecule has 1 saturated heterocycles. The van der Waals surface area contributed by atoms with E-state index < -0.39 is 0 Å². The van der Waals surface area contributed by atoms with E-state index in [9.17, 15) is 0 Å². The Morgan fingerprint density at radius 1 is 1.33 bits per heavy atom. The topological polar surface area (TPSA) is 74.2 Å². The van der Waals surface area contributed by atoms with E-state index in [-0.39, 0.29) is 6.10 Å². The van der Waals surface area contributed by atoms with Crippen molar-refractivity contribution in [2.45, 2.75) is 6.10 Å². The minimum Gasteiger partial charge on any atom is -0.398 e. The van der Waals surface area contributed by atoms with E-state index in [0.717, 1.165) is 23.7 Å². The molecule has 1 aromatic heterocycles. The van der Waals surface area contributed by atoms with Gasteiger partial charge in [-0.15, -0.1) is 0 Å². The summed E-state index contributed by atoms with van der Waals surface area (Å²) in [6, 6.07) is 7.44. The van der Waals surface area contributed by atoms with Gasteiger partial charge < -0.3 is 15.0 Å². The third kappa shape index (κ3) is 2.21. The number of hydrogen-bond acceptors (Lipinski definition) is 6. The van der Waals surface area contributed by atoms with Crippen molar-refractivity contribution in [2.24, 2.45) is 0 Å². The van der Waals surface area contributed by atoms with E-state index in [4.69, 9.17) is 15.0 Å². The Kier molecular flexibility index (Phi) is 3.21. The second-order valence-electron chi connectivity index (χ2n) is 3.98. The Labute approximate surface area is 109 Å². The van der Waals surface area contributed by atoms with Crippen LogP contribution in [0.5, 0.6) is 0 Å². The SMILES string of the molecule is Nc1ccccc1-c1nc(C2CSCCO2)no1. The number of anilines is 1. The summed E-state index contributed by atoms with van der Waals surface area (Å²) in [5.74, 6) is 2.93. The molecule has 0 spiro atoms. The van der Waals surface area contributed by atoms with Crippen LogP contribution in [0.3, 0.4) is 0 Å². The Balaban J connectivity index is 1.87. The maximum absolute atomic E-state index is 5.88. The number of nitrogen functional groups attached to an aromatic ring is 1. The first kappa shape index (κ1) is 11.6. The average Bonchev–Trinajstić information content (AvgIpc) is 2.90. The fourth-order valence-corrected chi connectivity index (χ4v) is 2.64. The highest BCUT2D eigenvalue weighted by Crippen LogP contribution is 2.28. The molecule has 0 radical (unpaired) electrons. The van der Waals surface area contributed by atoms with Gasteiger partial charge >= 0.3 is 0 Å². The molecule has 0 amide bonds. The zero-order valence-corrected chi connectivity index (χ0v) is 10.5. The molecule has 5 nitrogen and oxygen atoms in total. The molecule has 3 rings (SSSR count). The maximum atomic E-state index is 5.88. The standard InChI is InChI=1S/C12H13N3O2S/c13-9-4-2-1-3-8(9)12-14-11(15-17-12)10-7-18-6-5-16-10/h1-4,10H,5-7,13H2. The third-order valence-corrected chi connectivity index (χ3v) is 3.73. The molecule has 1 aliphatic heterocycles. The number of aromatic nitrogens is 2. The maximum Gasteiger partial charge on any atom is 0.260 e. The Morgan fingerprint density at radius 2 is 2.22 bits per heavy atom. The fourth-order valence-electron chi connectivity index (χ4n) is 1.80. The number of rotatable bonds is 2. The molecular weight excluding hydrogens is 250 g/mol. The van der Waals surface area contributed by atoms with Gasteiger partial charge in [0, 0.05) is 17.2 Å². The second-order valence-corrected chi connectivity index (χ2v) is 5.13. The average molecular weight is 263 g/mol. The normalized spacial score (nSPS) is 19.9. The molecular formula is C12H13N3O2S. The van der Waals surface area contributed by atoms with Crippen LogP contribution in [0, 0.1) is 0 Å². The van der Waals surface area contributed by atoms with Gasteiger partial charge in [0.25, 0.3) is 5.89 Å². The summed E-state index contributed by atoms with van der Waals surface area (Å²) in [7, 11) is 0. The van der Waals surface area contributed by atoms with Crippen LogP contribution >= 0.6 is 11.8 Å². The summed E-state index contributed by atoms with van der Waals surface area (Å²) in [5.41, 5.74) is 7.27. The van der Waals surface area contributed by atoms with Crippen LogP contribution in [0.25, 0.3) is 11.5 Å². The number of nitrogens with zero attached hydrogens (tertiary/aromatic N) is 2. The summed E-state index contributed by atoms with van der Waals surface area (Å²) in [6.07, 6.45) is -0.0776. The molecule has 2 heterocycles. The summed E-state index contributed by atoms with van der Waals surface area (Å²) < 4.78 is 10.9. The van der Waals surface area contributed by atoms with Crippen molar-refractivity contribution in [1.29, 1.82) is 0 Å². The lowest BCUT2D eigenvalue weighted by Crippen LogP contribution is -2.16. The van der Waals surface area contributed by atoms with Gasteiger partial charge in [-0.05, 0) is 12.1 Å².